The number of aryl methyl sites for hydroxylation is 1. The second-order valence-electron chi connectivity index (χ2n) is 8.68. The van der Waals surface area contributed by atoms with Gasteiger partial charge in [0.1, 0.15) is 16.9 Å². The van der Waals surface area contributed by atoms with Crippen LogP contribution in [0.5, 0.6) is 17.4 Å². The maximum atomic E-state index is 15.0. The molecule has 1 N–H and O–H groups in total. The Kier molecular flexibility index (Phi) is 6.76. The largest absolute Gasteiger partial charge is 0.481 e. The van der Waals surface area contributed by atoms with Crippen LogP contribution in [0.15, 0.2) is 77.9 Å². The van der Waals surface area contributed by atoms with Crippen molar-refractivity contribution in [3.8, 4) is 28.5 Å². The van der Waals surface area contributed by atoms with Crippen molar-refractivity contribution in [2.75, 3.05) is 12.4 Å². The summed E-state index contributed by atoms with van der Waals surface area (Å²) in [6.07, 6.45) is 2.92. The van der Waals surface area contributed by atoms with Gasteiger partial charge in [-0.05, 0) is 42.8 Å². The monoisotopic (exact) mass is 528 g/mol. The molecule has 0 bridgehead atoms. The molecule has 3 heterocycles. The van der Waals surface area contributed by atoms with E-state index in [9.17, 15) is 14.0 Å². The van der Waals surface area contributed by atoms with Gasteiger partial charge in [-0.15, -0.1) is 0 Å². The quantitative estimate of drug-likeness (QED) is 0.307. The predicted molar refractivity (Wildman–Crippen MR) is 142 cm³/mol. The minimum Gasteiger partial charge on any atom is -0.481 e. The number of hydrogen-bond donors (Lipinski definition) is 1. The van der Waals surface area contributed by atoms with Gasteiger partial charge in [-0.25, -0.2) is 13.8 Å². The molecule has 0 saturated carbocycles. The molecular weight excluding hydrogens is 506 g/mol. The van der Waals surface area contributed by atoms with E-state index in [1.54, 1.807) is 36.7 Å². The molecule has 3 aromatic heterocycles. The van der Waals surface area contributed by atoms with Crippen LogP contribution in [0, 0.1) is 18.6 Å². The lowest BCUT2D eigenvalue weighted by molar-refractivity contribution is 0.102. The molecule has 0 aliphatic carbocycles. The van der Waals surface area contributed by atoms with Crippen molar-refractivity contribution in [1.29, 1.82) is 0 Å². The highest BCUT2D eigenvalue weighted by Gasteiger charge is 2.19. The van der Waals surface area contributed by atoms with E-state index < -0.39 is 23.0 Å². The summed E-state index contributed by atoms with van der Waals surface area (Å²) in [4.78, 5) is 34.9. The number of aromatic nitrogens is 3. The van der Waals surface area contributed by atoms with E-state index in [0.717, 1.165) is 6.07 Å². The molecule has 196 valence electrons. The third-order valence-electron chi connectivity index (χ3n) is 6.20. The van der Waals surface area contributed by atoms with Crippen LogP contribution in [-0.4, -0.2) is 27.6 Å². The number of benzene rings is 2. The van der Waals surface area contributed by atoms with Crippen molar-refractivity contribution in [3.05, 3.63) is 106 Å². The molecule has 0 aliphatic heterocycles. The fraction of sp³-hybridized carbons (Fsp3) is 0.103. The van der Waals surface area contributed by atoms with Crippen molar-refractivity contribution in [3.63, 3.8) is 0 Å². The van der Waals surface area contributed by atoms with E-state index in [0.29, 0.717) is 28.2 Å². The smallest absolute Gasteiger partial charge is 0.261 e. The number of carbonyl (C=O) groups is 1. The Hall–Kier alpha value is -5.12. The lowest BCUT2D eigenvalue weighted by Gasteiger charge is -2.14. The topological polar surface area (TPSA) is 95.3 Å². The number of methoxy groups -OCH3 is 1. The van der Waals surface area contributed by atoms with E-state index in [1.165, 1.54) is 55.9 Å². The summed E-state index contributed by atoms with van der Waals surface area (Å²) in [5.41, 5.74) is 1.73. The highest BCUT2D eigenvalue weighted by atomic mass is 19.1. The zero-order valence-electron chi connectivity index (χ0n) is 21.2. The zero-order valence-corrected chi connectivity index (χ0v) is 21.2. The first-order valence-electron chi connectivity index (χ1n) is 11.8. The Bertz CT molecular complexity index is 1790. The Morgan fingerprint density at radius 2 is 1.77 bits per heavy atom. The molecule has 1 amide bonds. The number of fused-ring (bicyclic) bond motifs is 1. The number of pyridine rings is 3. The molecule has 0 unspecified atom stereocenters. The van der Waals surface area contributed by atoms with Gasteiger partial charge in [0.2, 0.25) is 11.3 Å². The van der Waals surface area contributed by atoms with Crippen LogP contribution < -0.4 is 20.2 Å². The van der Waals surface area contributed by atoms with Gasteiger partial charge in [0.15, 0.2) is 17.3 Å². The van der Waals surface area contributed by atoms with Crippen LogP contribution >= 0.6 is 0 Å². The Morgan fingerprint density at radius 1 is 1.00 bits per heavy atom. The molecule has 2 aromatic carbocycles. The number of carbonyl (C=O) groups excluding carboxylic acids is 1. The van der Waals surface area contributed by atoms with E-state index in [1.807, 2.05) is 0 Å². The van der Waals surface area contributed by atoms with Crippen LogP contribution in [0.2, 0.25) is 0 Å². The molecule has 10 heteroatoms. The lowest BCUT2D eigenvalue weighted by atomic mass is 10.0. The molecule has 5 aromatic rings. The highest BCUT2D eigenvalue weighted by molar-refractivity contribution is 6.04. The minimum atomic E-state index is -0.746. The summed E-state index contributed by atoms with van der Waals surface area (Å²) in [6.45, 7) is 1.73. The molecule has 0 atom stereocenters. The number of nitrogens with zero attached hydrogens (tertiary/aromatic N) is 3. The molecule has 5 rings (SSSR count). The van der Waals surface area contributed by atoms with Crippen LogP contribution in [0.4, 0.5) is 14.5 Å². The normalized spacial score (nSPS) is 10.9. The second kappa shape index (κ2) is 10.3. The zero-order chi connectivity index (χ0) is 27.7. The number of rotatable bonds is 6. The standard InChI is InChI=1S/C29H22F2N4O4/c1-16-26(17-4-6-18(30)7-5-17)28(36)20(15-35(16)2)29(37)33-19-8-10-23(21(31)14-19)39-24-12-13-32-22-9-11-25(38-3)34-27(22)24/h4-15H,1-3H3,(H,33,37). The number of nitrogens with one attached hydrogen (secondary N) is 1. The molecule has 8 nitrogen and oxygen atoms in total. The maximum Gasteiger partial charge on any atom is 0.261 e. The summed E-state index contributed by atoms with van der Waals surface area (Å²) in [5, 5.41) is 2.56. The van der Waals surface area contributed by atoms with Gasteiger partial charge in [0.25, 0.3) is 5.91 Å². The summed E-state index contributed by atoms with van der Waals surface area (Å²) < 4.78 is 41.0. The number of halogens is 2. The summed E-state index contributed by atoms with van der Waals surface area (Å²) >= 11 is 0. The fourth-order valence-electron chi connectivity index (χ4n) is 4.10. The van der Waals surface area contributed by atoms with Gasteiger partial charge < -0.3 is 19.4 Å². The van der Waals surface area contributed by atoms with Gasteiger partial charge in [0.05, 0.1) is 12.6 Å². The predicted octanol–water partition coefficient (Wildman–Crippen LogP) is 5.64. The number of amides is 1. The first-order chi connectivity index (χ1) is 18.7. The van der Waals surface area contributed by atoms with Crippen molar-refractivity contribution in [2.24, 2.45) is 7.05 Å². The molecular formula is C29H22F2N4O4. The third-order valence-corrected chi connectivity index (χ3v) is 6.20. The van der Waals surface area contributed by atoms with E-state index in [-0.39, 0.29) is 28.3 Å². The second-order valence-corrected chi connectivity index (χ2v) is 8.68. The van der Waals surface area contributed by atoms with E-state index in [4.69, 9.17) is 9.47 Å². The van der Waals surface area contributed by atoms with Crippen molar-refractivity contribution in [2.45, 2.75) is 6.92 Å². The summed E-state index contributed by atoms with van der Waals surface area (Å²) in [6, 6.07) is 14.3. The third kappa shape index (κ3) is 5.04. The van der Waals surface area contributed by atoms with Crippen LogP contribution in [-0.2, 0) is 7.05 Å². The minimum absolute atomic E-state index is 0.102. The van der Waals surface area contributed by atoms with E-state index >= 15 is 4.39 Å². The summed E-state index contributed by atoms with van der Waals surface area (Å²) in [5.74, 6) is -1.39. The van der Waals surface area contributed by atoms with Crippen molar-refractivity contribution < 1.29 is 23.0 Å². The number of anilines is 1. The molecule has 0 aliphatic rings. The van der Waals surface area contributed by atoms with Crippen LogP contribution in [0.3, 0.4) is 0 Å². The number of ether oxygens (including phenoxy) is 2. The number of hydrogen-bond acceptors (Lipinski definition) is 6. The average molecular weight is 529 g/mol. The SMILES string of the molecule is COc1ccc2nccc(Oc3ccc(NC(=O)c4cn(C)c(C)c(-c5ccc(F)cc5)c4=O)cc3F)c2n1. The average Bonchev–Trinajstić information content (AvgIpc) is 2.93. The van der Waals surface area contributed by atoms with Gasteiger partial charge in [-0.1, -0.05) is 12.1 Å². The first-order valence-corrected chi connectivity index (χ1v) is 11.8. The lowest BCUT2D eigenvalue weighted by Crippen LogP contribution is -2.25. The molecule has 0 fully saturated rings. The van der Waals surface area contributed by atoms with Crippen LogP contribution in [0.25, 0.3) is 22.2 Å². The van der Waals surface area contributed by atoms with Crippen LogP contribution in [0.1, 0.15) is 16.1 Å². The Labute approximate surface area is 221 Å². The highest BCUT2D eigenvalue weighted by Crippen LogP contribution is 2.31. The van der Waals surface area contributed by atoms with Gasteiger partial charge in [0, 0.05) is 54.6 Å². The Balaban J connectivity index is 1.42. The maximum absolute atomic E-state index is 15.0. The van der Waals surface area contributed by atoms with Gasteiger partial charge >= 0.3 is 0 Å². The Morgan fingerprint density at radius 3 is 2.49 bits per heavy atom. The van der Waals surface area contributed by atoms with E-state index in [2.05, 4.69) is 15.3 Å². The molecule has 0 saturated heterocycles. The van der Waals surface area contributed by atoms with Gasteiger partial charge in [-0.2, -0.15) is 0 Å². The first kappa shape index (κ1) is 25.5. The van der Waals surface area contributed by atoms with Crippen molar-refractivity contribution in [1.82, 2.24) is 14.5 Å². The molecule has 0 radical (unpaired) electrons. The molecule has 0 spiro atoms. The molecule has 39 heavy (non-hydrogen) atoms. The van der Waals surface area contributed by atoms with Gasteiger partial charge in [-0.3, -0.25) is 14.6 Å². The fourth-order valence-corrected chi connectivity index (χ4v) is 4.10. The van der Waals surface area contributed by atoms with Crippen molar-refractivity contribution >= 4 is 22.6 Å². The summed E-state index contributed by atoms with van der Waals surface area (Å²) in [7, 11) is 3.17.